The van der Waals surface area contributed by atoms with Gasteiger partial charge in [-0.25, -0.2) is 4.68 Å². The number of aryl methyl sites for hydroxylation is 1. The highest BCUT2D eigenvalue weighted by atomic mass is 32.2. The molecule has 0 aliphatic rings. The first-order chi connectivity index (χ1) is 10.2. The number of carbonyl (C=O) groups is 1. The predicted molar refractivity (Wildman–Crippen MR) is 79.5 cm³/mol. The number of thioether (sulfide) groups is 1. The lowest BCUT2D eigenvalue weighted by molar-refractivity contribution is -0.130. The Hall–Kier alpha value is -1.96. The number of carbonyl (C=O) groups excluding carboxylic acids is 1. The Labute approximate surface area is 127 Å². The summed E-state index contributed by atoms with van der Waals surface area (Å²) in [6.07, 6.45) is 3.05. The van der Waals surface area contributed by atoms with Crippen molar-refractivity contribution >= 4 is 17.7 Å². The van der Waals surface area contributed by atoms with E-state index in [9.17, 15) is 4.79 Å². The first-order valence-corrected chi connectivity index (χ1v) is 7.64. The van der Waals surface area contributed by atoms with Crippen LogP contribution in [-0.2, 0) is 18.4 Å². The van der Waals surface area contributed by atoms with Crippen molar-refractivity contribution in [3.63, 3.8) is 0 Å². The van der Waals surface area contributed by atoms with Gasteiger partial charge in [0.15, 0.2) is 0 Å². The standard InChI is InChI=1S/C13H18N6OS/c1-18(10-11-6-3-4-8-14-11)12(20)7-5-9-21-13-15-16-17-19(13)2/h3-4,6,8H,5,7,9-10H2,1-2H3. The largest absolute Gasteiger partial charge is 0.340 e. The van der Waals surface area contributed by atoms with Crippen LogP contribution < -0.4 is 0 Å². The number of pyridine rings is 1. The first-order valence-electron chi connectivity index (χ1n) is 6.66. The van der Waals surface area contributed by atoms with Crippen molar-refractivity contribution in [1.82, 2.24) is 30.1 Å². The van der Waals surface area contributed by atoms with Gasteiger partial charge in [-0.3, -0.25) is 9.78 Å². The lowest BCUT2D eigenvalue weighted by Gasteiger charge is -2.16. The van der Waals surface area contributed by atoms with E-state index in [1.54, 1.807) is 41.6 Å². The molecule has 0 spiro atoms. The van der Waals surface area contributed by atoms with E-state index >= 15 is 0 Å². The van der Waals surface area contributed by atoms with Gasteiger partial charge in [0.25, 0.3) is 0 Å². The second kappa shape index (κ2) is 7.72. The number of hydrogen-bond donors (Lipinski definition) is 0. The molecule has 0 aromatic carbocycles. The molecule has 0 fully saturated rings. The van der Waals surface area contributed by atoms with Gasteiger partial charge in [-0.2, -0.15) is 0 Å². The summed E-state index contributed by atoms with van der Waals surface area (Å²) < 4.78 is 1.62. The smallest absolute Gasteiger partial charge is 0.222 e. The topological polar surface area (TPSA) is 76.8 Å². The van der Waals surface area contributed by atoms with E-state index in [0.717, 1.165) is 23.0 Å². The Morgan fingerprint density at radius 2 is 2.29 bits per heavy atom. The van der Waals surface area contributed by atoms with Gasteiger partial charge in [-0.05, 0) is 29.0 Å². The van der Waals surface area contributed by atoms with Crippen LogP contribution in [0.1, 0.15) is 18.5 Å². The van der Waals surface area contributed by atoms with Crippen molar-refractivity contribution in [2.24, 2.45) is 7.05 Å². The van der Waals surface area contributed by atoms with Crippen LogP contribution >= 0.6 is 11.8 Å². The molecule has 0 radical (unpaired) electrons. The number of rotatable bonds is 7. The van der Waals surface area contributed by atoms with Gasteiger partial charge < -0.3 is 4.90 Å². The van der Waals surface area contributed by atoms with Gasteiger partial charge in [0.1, 0.15) is 0 Å². The summed E-state index contributed by atoms with van der Waals surface area (Å²) in [5.74, 6) is 0.939. The number of amides is 1. The van der Waals surface area contributed by atoms with Gasteiger partial charge in [-0.15, -0.1) is 5.10 Å². The summed E-state index contributed by atoms with van der Waals surface area (Å²) in [5, 5.41) is 12.0. The maximum absolute atomic E-state index is 12.0. The van der Waals surface area contributed by atoms with Crippen LogP contribution in [0.15, 0.2) is 29.6 Å². The third-order valence-electron chi connectivity index (χ3n) is 2.90. The zero-order chi connectivity index (χ0) is 15.1. The van der Waals surface area contributed by atoms with E-state index in [1.807, 2.05) is 18.2 Å². The lowest BCUT2D eigenvalue weighted by atomic mass is 10.3. The highest BCUT2D eigenvalue weighted by molar-refractivity contribution is 7.99. The maximum atomic E-state index is 12.0. The third-order valence-corrected chi connectivity index (χ3v) is 4.00. The molecule has 0 bridgehead atoms. The molecule has 2 rings (SSSR count). The molecule has 0 atom stereocenters. The second-order valence-corrected chi connectivity index (χ2v) is 5.67. The van der Waals surface area contributed by atoms with Gasteiger partial charge in [-0.1, -0.05) is 17.8 Å². The van der Waals surface area contributed by atoms with Crippen molar-refractivity contribution in [3.05, 3.63) is 30.1 Å². The summed E-state index contributed by atoms with van der Waals surface area (Å²) in [6.45, 7) is 0.542. The molecule has 2 heterocycles. The van der Waals surface area contributed by atoms with E-state index in [-0.39, 0.29) is 5.91 Å². The number of tetrazole rings is 1. The Bertz CT molecular complexity index is 573. The fourth-order valence-corrected chi connectivity index (χ4v) is 2.53. The summed E-state index contributed by atoms with van der Waals surface area (Å²) in [7, 11) is 3.60. The van der Waals surface area contributed by atoms with E-state index < -0.39 is 0 Å². The summed E-state index contributed by atoms with van der Waals surface area (Å²) in [5.41, 5.74) is 0.896. The molecule has 0 aliphatic carbocycles. The zero-order valence-corrected chi connectivity index (χ0v) is 13.0. The van der Waals surface area contributed by atoms with Gasteiger partial charge in [0, 0.05) is 32.5 Å². The molecule has 2 aromatic rings. The molecule has 2 aromatic heterocycles. The molecule has 7 nitrogen and oxygen atoms in total. The lowest BCUT2D eigenvalue weighted by Crippen LogP contribution is -2.26. The van der Waals surface area contributed by atoms with Crippen molar-refractivity contribution in [2.45, 2.75) is 24.5 Å². The molecular weight excluding hydrogens is 288 g/mol. The minimum absolute atomic E-state index is 0.123. The number of nitrogens with zero attached hydrogens (tertiary/aromatic N) is 6. The minimum atomic E-state index is 0.123. The highest BCUT2D eigenvalue weighted by Crippen LogP contribution is 2.14. The SMILES string of the molecule is CN(Cc1ccccn1)C(=O)CCCSc1nnnn1C. The summed E-state index contributed by atoms with van der Waals surface area (Å²) in [6, 6.07) is 5.71. The van der Waals surface area contributed by atoms with Crippen molar-refractivity contribution in [1.29, 1.82) is 0 Å². The highest BCUT2D eigenvalue weighted by Gasteiger charge is 2.10. The molecule has 0 unspecified atom stereocenters. The molecule has 0 saturated heterocycles. The predicted octanol–water partition coefficient (Wildman–Crippen LogP) is 1.14. The van der Waals surface area contributed by atoms with Crippen molar-refractivity contribution in [2.75, 3.05) is 12.8 Å². The minimum Gasteiger partial charge on any atom is -0.340 e. The third kappa shape index (κ3) is 4.82. The monoisotopic (exact) mass is 306 g/mol. The molecule has 0 saturated carbocycles. The Balaban J connectivity index is 1.68. The van der Waals surface area contributed by atoms with E-state index in [0.29, 0.717) is 13.0 Å². The molecule has 1 amide bonds. The second-order valence-electron chi connectivity index (χ2n) is 4.61. The van der Waals surface area contributed by atoms with Crippen molar-refractivity contribution in [3.8, 4) is 0 Å². The summed E-state index contributed by atoms with van der Waals surface area (Å²) >= 11 is 1.56. The first kappa shape index (κ1) is 15.4. The van der Waals surface area contributed by atoms with Crippen LogP contribution in [0.2, 0.25) is 0 Å². The molecule has 0 aliphatic heterocycles. The van der Waals surface area contributed by atoms with Crippen LogP contribution in [-0.4, -0.2) is 48.8 Å². The number of hydrogen-bond acceptors (Lipinski definition) is 6. The normalized spacial score (nSPS) is 10.6. The van der Waals surface area contributed by atoms with E-state index in [4.69, 9.17) is 0 Å². The van der Waals surface area contributed by atoms with Crippen LogP contribution in [0, 0.1) is 0 Å². The Morgan fingerprint density at radius 1 is 1.43 bits per heavy atom. The number of aromatic nitrogens is 5. The molecule has 8 heteroatoms. The Kier molecular flexibility index (Phi) is 5.68. The molecule has 21 heavy (non-hydrogen) atoms. The summed E-state index contributed by atoms with van der Waals surface area (Å²) in [4.78, 5) is 17.9. The van der Waals surface area contributed by atoms with Gasteiger partial charge in [0.05, 0.1) is 12.2 Å². The van der Waals surface area contributed by atoms with Crippen LogP contribution in [0.4, 0.5) is 0 Å². The fraction of sp³-hybridized carbons (Fsp3) is 0.462. The maximum Gasteiger partial charge on any atom is 0.222 e. The Morgan fingerprint density at radius 3 is 2.95 bits per heavy atom. The van der Waals surface area contributed by atoms with Crippen LogP contribution in [0.5, 0.6) is 0 Å². The molecule has 0 N–H and O–H groups in total. The average molecular weight is 306 g/mol. The molecule has 112 valence electrons. The molecular formula is C13H18N6OS. The quantitative estimate of drug-likeness (QED) is 0.564. The van der Waals surface area contributed by atoms with Crippen LogP contribution in [0.3, 0.4) is 0 Å². The van der Waals surface area contributed by atoms with E-state index in [2.05, 4.69) is 20.5 Å². The van der Waals surface area contributed by atoms with Crippen molar-refractivity contribution < 1.29 is 4.79 Å². The zero-order valence-electron chi connectivity index (χ0n) is 12.1. The fourth-order valence-electron chi connectivity index (χ4n) is 1.74. The van der Waals surface area contributed by atoms with Crippen LogP contribution in [0.25, 0.3) is 0 Å². The van der Waals surface area contributed by atoms with Gasteiger partial charge >= 0.3 is 0 Å². The van der Waals surface area contributed by atoms with Gasteiger partial charge in [0.2, 0.25) is 11.1 Å². The van der Waals surface area contributed by atoms with E-state index in [1.165, 1.54) is 0 Å². The average Bonchev–Trinajstić information content (AvgIpc) is 2.90.